The van der Waals surface area contributed by atoms with Crippen LogP contribution in [0.2, 0.25) is 5.02 Å². The second-order valence-electron chi connectivity index (χ2n) is 7.83. The highest BCUT2D eigenvalue weighted by molar-refractivity contribution is 7.92. The van der Waals surface area contributed by atoms with Crippen molar-refractivity contribution in [2.24, 2.45) is 5.10 Å². The fourth-order valence-corrected chi connectivity index (χ4v) is 4.64. The zero-order valence-electron chi connectivity index (χ0n) is 19.0. The molecule has 0 unspecified atom stereocenters. The molecule has 0 saturated heterocycles. The van der Waals surface area contributed by atoms with Gasteiger partial charge >= 0.3 is 0 Å². The van der Waals surface area contributed by atoms with Crippen LogP contribution in [0.3, 0.4) is 0 Å². The maximum Gasteiger partial charge on any atom is 0.264 e. The lowest BCUT2D eigenvalue weighted by Gasteiger charge is -2.24. The molecule has 6 nitrogen and oxygen atoms in total. The van der Waals surface area contributed by atoms with Crippen molar-refractivity contribution in [2.75, 3.05) is 10.8 Å². The average molecular weight is 484 g/mol. The smallest absolute Gasteiger partial charge is 0.264 e. The van der Waals surface area contributed by atoms with E-state index in [4.69, 9.17) is 11.6 Å². The van der Waals surface area contributed by atoms with Gasteiger partial charge in [-0.1, -0.05) is 47.5 Å². The summed E-state index contributed by atoms with van der Waals surface area (Å²) in [5.74, 6) is -0.558. The number of amides is 1. The molecule has 3 aromatic rings. The minimum absolute atomic E-state index is 0.0391. The Bertz CT molecular complexity index is 1290. The van der Waals surface area contributed by atoms with Crippen molar-refractivity contribution >= 4 is 38.9 Å². The quantitative estimate of drug-likeness (QED) is 0.379. The van der Waals surface area contributed by atoms with Gasteiger partial charge in [0.25, 0.3) is 15.9 Å². The topological polar surface area (TPSA) is 78.8 Å². The number of hydrogen-bond donors (Lipinski definition) is 1. The molecule has 33 heavy (non-hydrogen) atoms. The first-order chi connectivity index (χ1) is 15.6. The van der Waals surface area contributed by atoms with Crippen LogP contribution in [0.1, 0.15) is 29.2 Å². The van der Waals surface area contributed by atoms with Gasteiger partial charge in [-0.3, -0.25) is 9.10 Å². The summed E-state index contributed by atoms with van der Waals surface area (Å²) >= 11 is 5.92. The highest BCUT2D eigenvalue weighted by Crippen LogP contribution is 2.26. The van der Waals surface area contributed by atoms with Crippen molar-refractivity contribution in [1.29, 1.82) is 0 Å². The van der Waals surface area contributed by atoms with Crippen LogP contribution in [0.4, 0.5) is 5.69 Å². The van der Waals surface area contributed by atoms with Crippen LogP contribution in [0, 0.1) is 20.8 Å². The van der Waals surface area contributed by atoms with Crippen LogP contribution in [-0.4, -0.2) is 26.6 Å². The van der Waals surface area contributed by atoms with Crippen LogP contribution < -0.4 is 9.73 Å². The van der Waals surface area contributed by atoms with Crippen molar-refractivity contribution in [3.8, 4) is 0 Å². The summed E-state index contributed by atoms with van der Waals surface area (Å²) in [5.41, 5.74) is 7.39. The SMILES string of the molecule is C/C(=N/NC(=O)CN(c1ccc(C)c(C)c1)S(=O)(=O)c1ccc(Cl)cc1)c1ccc(C)cc1. The third kappa shape index (κ3) is 6.00. The number of nitrogens with zero attached hydrogens (tertiary/aromatic N) is 2. The van der Waals surface area contributed by atoms with Gasteiger partial charge in [0.2, 0.25) is 0 Å². The molecule has 1 amide bonds. The number of aryl methyl sites for hydroxylation is 3. The third-order valence-corrected chi connectivity index (χ3v) is 7.33. The first kappa shape index (κ1) is 24.5. The maximum absolute atomic E-state index is 13.4. The molecular weight excluding hydrogens is 458 g/mol. The third-order valence-electron chi connectivity index (χ3n) is 5.28. The molecule has 172 valence electrons. The highest BCUT2D eigenvalue weighted by Gasteiger charge is 2.27. The molecule has 1 N–H and O–H groups in total. The summed E-state index contributed by atoms with van der Waals surface area (Å²) in [4.78, 5) is 12.8. The van der Waals surface area contributed by atoms with Gasteiger partial charge in [0.05, 0.1) is 16.3 Å². The second-order valence-corrected chi connectivity index (χ2v) is 10.1. The molecule has 0 bridgehead atoms. The van der Waals surface area contributed by atoms with E-state index in [1.807, 2.05) is 51.1 Å². The fraction of sp³-hybridized carbons (Fsp3) is 0.200. The summed E-state index contributed by atoms with van der Waals surface area (Å²) < 4.78 is 27.9. The fourth-order valence-electron chi connectivity index (χ4n) is 3.10. The Balaban J connectivity index is 1.90. The summed E-state index contributed by atoms with van der Waals surface area (Å²) in [6.45, 7) is 7.16. The summed E-state index contributed by atoms with van der Waals surface area (Å²) in [7, 11) is -4.03. The van der Waals surface area contributed by atoms with E-state index in [-0.39, 0.29) is 4.90 Å². The molecule has 0 heterocycles. The molecule has 0 aliphatic carbocycles. The number of hydrazone groups is 1. The zero-order valence-corrected chi connectivity index (χ0v) is 20.5. The van der Waals surface area contributed by atoms with Crippen molar-refractivity contribution in [3.05, 3.63) is 94.0 Å². The molecular formula is C25H26ClN3O3S. The molecule has 0 spiro atoms. The number of nitrogens with one attached hydrogen (secondary N) is 1. The van der Waals surface area contributed by atoms with Gasteiger partial charge in [-0.15, -0.1) is 0 Å². The lowest BCUT2D eigenvalue weighted by atomic mass is 10.1. The Kier molecular flexibility index (Phi) is 7.56. The Morgan fingerprint density at radius 1 is 0.939 bits per heavy atom. The van der Waals surface area contributed by atoms with Crippen LogP contribution in [0.15, 0.2) is 76.7 Å². The molecule has 0 atom stereocenters. The minimum Gasteiger partial charge on any atom is -0.271 e. The van der Waals surface area contributed by atoms with E-state index in [2.05, 4.69) is 10.5 Å². The molecule has 3 aromatic carbocycles. The monoisotopic (exact) mass is 483 g/mol. The maximum atomic E-state index is 13.4. The van der Waals surface area contributed by atoms with Gasteiger partial charge in [0.15, 0.2) is 0 Å². The largest absolute Gasteiger partial charge is 0.271 e. The molecule has 8 heteroatoms. The van der Waals surface area contributed by atoms with Crippen molar-refractivity contribution in [1.82, 2.24) is 5.43 Å². The van der Waals surface area contributed by atoms with Crippen molar-refractivity contribution in [2.45, 2.75) is 32.6 Å². The first-order valence-corrected chi connectivity index (χ1v) is 12.2. The van der Waals surface area contributed by atoms with Crippen LogP contribution >= 0.6 is 11.6 Å². The Labute approximate surface area is 200 Å². The van der Waals surface area contributed by atoms with E-state index in [1.165, 1.54) is 24.3 Å². The summed E-state index contributed by atoms with van der Waals surface area (Å²) in [5, 5.41) is 4.57. The molecule has 3 rings (SSSR count). The standard InChI is InChI=1S/C25H26ClN3O3S/c1-17-5-8-21(9-6-17)20(4)27-28-25(30)16-29(23-12-7-18(2)19(3)15-23)33(31,32)24-13-10-22(26)11-14-24/h5-15H,16H2,1-4H3,(H,28,30)/b27-20-. The number of carbonyl (C=O) groups is 1. The second kappa shape index (κ2) is 10.2. The minimum atomic E-state index is -4.03. The summed E-state index contributed by atoms with van der Waals surface area (Å²) in [6.07, 6.45) is 0. The number of hydrogen-bond acceptors (Lipinski definition) is 4. The van der Waals surface area contributed by atoms with E-state index >= 15 is 0 Å². The molecule has 0 radical (unpaired) electrons. The van der Waals surface area contributed by atoms with E-state index in [9.17, 15) is 13.2 Å². The Morgan fingerprint density at radius 2 is 1.58 bits per heavy atom. The lowest BCUT2D eigenvalue weighted by Crippen LogP contribution is -2.39. The van der Waals surface area contributed by atoms with Gasteiger partial charge in [-0.05, 0) is 80.8 Å². The molecule has 0 aromatic heterocycles. The van der Waals surface area contributed by atoms with Crippen molar-refractivity contribution < 1.29 is 13.2 Å². The van der Waals surface area contributed by atoms with Gasteiger partial charge < -0.3 is 0 Å². The number of benzene rings is 3. The van der Waals surface area contributed by atoms with Gasteiger partial charge in [0, 0.05) is 5.02 Å². The highest BCUT2D eigenvalue weighted by atomic mass is 35.5. The number of halogens is 1. The molecule has 0 fully saturated rings. The van der Waals surface area contributed by atoms with Crippen molar-refractivity contribution in [3.63, 3.8) is 0 Å². The predicted octanol–water partition coefficient (Wildman–Crippen LogP) is 5.00. The Morgan fingerprint density at radius 3 is 2.18 bits per heavy atom. The van der Waals surface area contributed by atoms with E-state index < -0.39 is 22.5 Å². The van der Waals surface area contributed by atoms with E-state index in [0.717, 1.165) is 26.6 Å². The van der Waals surface area contributed by atoms with Gasteiger partial charge in [0.1, 0.15) is 6.54 Å². The van der Waals surface area contributed by atoms with Crippen LogP contribution in [0.25, 0.3) is 0 Å². The predicted molar refractivity (Wildman–Crippen MR) is 133 cm³/mol. The average Bonchev–Trinajstić information content (AvgIpc) is 2.78. The first-order valence-electron chi connectivity index (χ1n) is 10.3. The summed E-state index contributed by atoms with van der Waals surface area (Å²) in [6, 6.07) is 18.8. The molecule has 0 aliphatic heterocycles. The number of rotatable bonds is 7. The van der Waals surface area contributed by atoms with Gasteiger partial charge in [-0.25, -0.2) is 13.8 Å². The van der Waals surface area contributed by atoms with Gasteiger partial charge in [-0.2, -0.15) is 5.10 Å². The number of anilines is 1. The van der Waals surface area contributed by atoms with E-state index in [0.29, 0.717) is 16.4 Å². The zero-order chi connectivity index (χ0) is 24.2. The normalized spacial score (nSPS) is 11.8. The Hall–Kier alpha value is -3.16. The lowest BCUT2D eigenvalue weighted by molar-refractivity contribution is -0.119. The number of carbonyl (C=O) groups excluding carboxylic acids is 1. The van der Waals surface area contributed by atoms with E-state index in [1.54, 1.807) is 19.1 Å². The number of sulfonamides is 1. The molecule has 0 aliphatic rings. The van der Waals surface area contributed by atoms with Crippen LogP contribution in [-0.2, 0) is 14.8 Å². The van der Waals surface area contributed by atoms with Crippen LogP contribution in [0.5, 0.6) is 0 Å². The molecule has 0 saturated carbocycles.